The van der Waals surface area contributed by atoms with Crippen molar-refractivity contribution in [2.24, 2.45) is 5.73 Å². The lowest BCUT2D eigenvalue weighted by Crippen LogP contribution is -2.44. The van der Waals surface area contributed by atoms with Gasteiger partial charge in [0.2, 0.25) is 5.91 Å². The summed E-state index contributed by atoms with van der Waals surface area (Å²) in [6, 6.07) is 4.67. The predicted octanol–water partition coefficient (Wildman–Crippen LogP) is 2.02. The SMILES string of the molecule is NC(=O)C1(NCCCc2c(F)cccc2Cl)CC1. The van der Waals surface area contributed by atoms with E-state index < -0.39 is 5.54 Å². The summed E-state index contributed by atoms with van der Waals surface area (Å²) in [5, 5.41) is 3.59. The van der Waals surface area contributed by atoms with Gasteiger partial charge < -0.3 is 11.1 Å². The number of nitrogens with two attached hydrogens (primary N) is 1. The van der Waals surface area contributed by atoms with Crippen LogP contribution in [0.2, 0.25) is 5.02 Å². The van der Waals surface area contributed by atoms with Gasteiger partial charge in [-0.2, -0.15) is 0 Å². The van der Waals surface area contributed by atoms with Gasteiger partial charge in [0.1, 0.15) is 5.82 Å². The van der Waals surface area contributed by atoms with Crippen molar-refractivity contribution in [1.29, 1.82) is 0 Å². The van der Waals surface area contributed by atoms with Crippen molar-refractivity contribution in [2.45, 2.75) is 31.2 Å². The van der Waals surface area contributed by atoms with Gasteiger partial charge in [-0.15, -0.1) is 0 Å². The Bertz CT molecular complexity index is 440. The first-order valence-electron chi connectivity index (χ1n) is 6.03. The monoisotopic (exact) mass is 270 g/mol. The Morgan fingerprint density at radius 2 is 2.22 bits per heavy atom. The molecule has 0 bridgehead atoms. The molecule has 0 aliphatic heterocycles. The minimum Gasteiger partial charge on any atom is -0.368 e. The summed E-state index contributed by atoms with van der Waals surface area (Å²) < 4.78 is 13.5. The van der Waals surface area contributed by atoms with E-state index in [-0.39, 0.29) is 11.7 Å². The number of hydrogen-bond donors (Lipinski definition) is 2. The number of hydrogen-bond acceptors (Lipinski definition) is 2. The molecule has 1 amide bonds. The molecule has 0 unspecified atom stereocenters. The van der Waals surface area contributed by atoms with E-state index in [1.165, 1.54) is 6.07 Å². The first-order valence-corrected chi connectivity index (χ1v) is 6.41. The minimum absolute atomic E-state index is 0.279. The first kappa shape index (κ1) is 13.3. The third kappa shape index (κ3) is 2.82. The molecule has 0 atom stereocenters. The van der Waals surface area contributed by atoms with Gasteiger partial charge >= 0.3 is 0 Å². The van der Waals surface area contributed by atoms with Crippen LogP contribution in [0, 0.1) is 5.82 Å². The highest BCUT2D eigenvalue weighted by Gasteiger charge is 2.47. The van der Waals surface area contributed by atoms with Gasteiger partial charge in [0.25, 0.3) is 0 Å². The average molecular weight is 271 g/mol. The maximum absolute atomic E-state index is 13.5. The van der Waals surface area contributed by atoms with Crippen LogP contribution >= 0.6 is 11.6 Å². The molecule has 1 fully saturated rings. The van der Waals surface area contributed by atoms with Crippen molar-refractivity contribution >= 4 is 17.5 Å². The van der Waals surface area contributed by atoms with Gasteiger partial charge in [0.15, 0.2) is 0 Å². The number of halogens is 2. The van der Waals surface area contributed by atoms with Gasteiger partial charge in [-0.3, -0.25) is 4.79 Å². The molecule has 5 heteroatoms. The highest BCUT2D eigenvalue weighted by atomic mass is 35.5. The number of amides is 1. The van der Waals surface area contributed by atoms with Crippen LogP contribution < -0.4 is 11.1 Å². The van der Waals surface area contributed by atoms with E-state index in [0.29, 0.717) is 23.6 Å². The number of nitrogens with one attached hydrogen (secondary N) is 1. The van der Waals surface area contributed by atoms with Crippen LogP contribution in [0.5, 0.6) is 0 Å². The molecule has 3 nitrogen and oxygen atoms in total. The molecule has 1 aromatic carbocycles. The Balaban J connectivity index is 1.81. The summed E-state index contributed by atoms with van der Waals surface area (Å²) in [6.07, 6.45) is 2.86. The van der Waals surface area contributed by atoms with Crippen LogP contribution in [0.1, 0.15) is 24.8 Å². The Morgan fingerprint density at radius 1 is 1.50 bits per heavy atom. The fraction of sp³-hybridized carbons (Fsp3) is 0.462. The summed E-state index contributed by atoms with van der Waals surface area (Å²) >= 11 is 5.93. The van der Waals surface area contributed by atoms with E-state index in [1.54, 1.807) is 12.1 Å². The summed E-state index contributed by atoms with van der Waals surface area (Å²) in [6.45, 7) is 0.633. The van der Waals surface area contributed by atoms with Gasteiger partial charge in [-0.1, -0.05) is 17.7 Å². The molecular formula is C13H16ClFN2O. The average Bonchev–Trinajstić information content (AvgIpc) is 3.08. The molecule has 0 aromatic heterocycles. The normalized spacial score (nSPS) is 16.6. The third-order valence-electron chi connectivity index (χ3n) is 3.35. The van der Waals surface area contributed by atoms with Gasteiger partial charge in [0, 0.05) is 10.6 Å². The van der Waals surface area contributed by atoms with E-state index in [1.807, 2.05) is 0 Å². The fourth-order valence-electron chi connectivity index (χ4n) is 2.00. The minimum atomic E-state index is -0.501. The van der Waals surface area contributed by atoms with Crippen molar-refractivity contribution in [3.63, 3.8) is 0 Å². The maximum Gasteiger partial charge on any atom is 0.237 e. The summed E-state index contributed by atoms with van der Waals surface area (Å²) in [4.78, 5) is 11.1. The summed E-state index contributed by atoms with van der Waals surface area (Å²) in [5.74, 6) is -0.579. The first-order chi connectivity index (χ1) is 8.55. The summed E-state index contributed by atoms with van der Waals surface area (Å²) in [5.41, 5.74) is 5.32. The van der Waals surface area contributed by atoms with Gasteiger partial charge in [0.05, 0.1) is 5.54 Å². The smallest absolute Gasteiger partial charge is 0.237 e. The molecule has 3 N–H and O–H groups in total. The summed E-state index contributed by atoms with van der Waals surface area (Å²) in [7, 11) is 0. The Hall–Kier alpha value is -1.13. The second kappa shape index (κ2) is 5.24. The van der Waals surface area contributed by atoms with Crippen LogP contribution in [0.25, 0.3) is 0 Å². The molecule has 0 spiro atoms. The molecule has 0 saturated heterocycles. The van der Waals surface area contributed by atoms with E-state index in [2.05, 4.69) is 5.32 Å². The standard InChI is InChI=1S/C13H16ClFN2O/c14-10-4-1-5-11(15)9(10)3-2-8-17-13(6-7-13)12(16)18/h1,4-5,17H,2-3,6-8H2,(H2,16,18). The van der Waals surface area contributed by atoms with Gasteiger partial charge in [-0.25, -0.2) is 4.39 Å². The number of primary amides is 1. The van der Waals surface area contributed by atoms with Crippen molar-refractivity contribution in [3.05, 3.63) is 34.6 Å². The molecule has 1 saturated carbocycles. The lowest BCUT2D eigenvalue weighted by molar-refractivity contribution is -0.121. The topological polar surface area (TPSA) is 55.1 Å². The molecular weight excluding hydrogens is 255 g/mol. The van der Waals surface area contributed by atoms with Crippen molar-refractivity contribution in [3.8, 4) is 0 Å². The zero-order valence-corrected chi connectivity index (χ0v) is 10.8. The van der Waals surface area contributed by atoms with E-state index in [9.17, 15) is 9.18 Å². The highest BCUT2D eigenvalue weighted by Crippen LogP contribution is 2.34. The van der Waals surface area contributed by atoms with E-state index >= 15 is 0 Å². The molecule has 98 valence electrons. The number of carbonyl (C=O) groups is 1. The second-order valence-electron chi connectivity index (χ2n) is 4.68. The third-order valence-corrected chi connectivity index (χ3v) is 3.70. The van der Waals surface area contributed by atoms with E-state index in [4.69, 9.17) is 17.3 Å². The quantitative estimate of drug-likeness (QED) is 0.777. The lowest BCUT2D eigenvalue weighted by Gasteiger charge is -2.13. The van der Waals surface area contributed by atoms with Crippen LogP contribution in [0.15, 0.2) is 18.2 Å². The lowest BCUT2D eigenvalue weighted by atomic mass is 10.1. The Morgan fingerprint density at radius 3 is 2.78 bits per heavy atom. The Kier molecular flexibility index (Phi) is 3.88. The highest BCUT2D eigenvalue weighted by molar-refractivity contribution is 6.31. The molecule has 1 aromatic rings. The van der Waals surface area contributed by atoms with Gasteiger partial charge in [-0.05, 0) is 44.4 Å². The zero-order chi connectivity index (χ0) is 13.2. The maximum atomic E-state index is 13.5. The predicted molar refractivity (Wildman–Crippen MR) is 68.9 cm³/mol. The number of rotatable bonds is 6. The Labute approximate surface area is 111 Å². The number of benzene rings is 1. The second-order valence-corrected chi connectivity index (χ2v) is 5.08. The molecule has 2 rings (SSSR count). The van der Waals surface area contributed by atoms with Crippen molar-refractivity contribution in [1.82, 2.24) is 5.32 Å². The molecule has 0 radical (unpaired) electrons. The molecule has 0 heterocycles. The molecule has 1 aliphatic carbocycles. The largest absolute Gasteiger partial charge is 0.368 e. The van der Waals surface area contributed by atoms with Crippen molar-refractivity contribution in [2.75, 3.05) is 6.54 Å². The van der Waals surface area contributed by atoms with E-state index in [0.717, 1.165) is 19.3 Å². The van der Waals surface area contributed by atoms with Crippen molar-refractivity contribution < 1.29 is 9.18 Å². The molecule has 1 aliphatic rings. The fourth-order valence-corrected chi connectivity index (χ4v) is 2.26. The van der Waals surface area contributed by atoms with Crippen LogP contribution in [-0.2, 0) is 11.2 Å². The van der Waals surface area contributed by atoms with Crippen LogP contribution in [0.4, 0.5) is 4.39 Å². The van der Waals surface area contributed by atoms with Crippen LogP contribution in [-0.4, -0.2) is 18.0 Å². The number of carbonyl (C=O) groups excluding carboxylic acids is 1. The zero-order valence-electron chi connectivity index (χ0n) is 10.0. The van der Waals surface area contributed by atoms with Crippen LogP contribution in [0.3, 0.4) is 0 Å². The molecule has 18 heavy (non-hydrogen) atoms.